The van der Waals surface area contributed by atoms with Gasteiger partial charge in [0.25, 0.3) is 0 Å². The molecular weight excluding hydrogens is 441 g/mol. The van der Waals surface area contributed by atoms with Gasteiger partial charge in [-0.05, 0) is 65.9 Å². The van der Waals surface area contributed by atoms with Crippen molar-refractivity contribution in [3.05, 3.63) is 115 Å². The number of carboxylic acids is 1. The lowest BCUT2D eigenvalue weighted by Gasteiger charge is -2.32. The molecule has 0 bridgehead atoms. The third-order valence-electron chi connectivity index (χ3n) is 5.73. The maximum atomic E-state index is 12.8. The van der Waals surface area contributed by atoms with Crippen LogP contribution in [-0.4, -0.2) is 17.7 Å². The number of hydrogen-bond donors (Lipinski definition) is 1. The molecule has 6 heteroatoms. The number of carbonyl (C=O) groups is 1. The molecule has 176 valence electrons. The quantitative estimate of drug-likeness (QED) is 0.314. The van der Waals surface area contributed by atoms with Crippen LogP contribution in [0, 0.1) is 0 Å². The Morgan fingerprint density at radius 1 is 0.794 bits per heavy atom. The fourth-order valence-electron chi connectivity index (χ4n) is 3.86. The second kappa shape index (κ2) is 10.4. The van der Waals surface area contributed by atoms with Crippen LogP contribution in [0.4, 0.5) is 13.2 Å². The third-order valence-corrected chi connectivity index (χ3v) is 5.73. The van der Waals surface area contributed by atoms with Crippen molar-refractivity contribution in [3.8, 4) is 16.9 Å². The molecule has 3 aromatic rings. The van der Waals surface area contributed by atoms with Gasteiger partial charge in [0, 0.05) is 5.41 Å². The predicted octanol–water partition coefficient (Wildman–Crippen LogP) is 7.54. The number of ether oxygens (including phenoxy) is 1. The molecule has 0 fully saturated rings. The van der Waals surface area contributed by atoms with Crippen LogP contribution in [-0.2, 0) is 11.6 Å². The van der Waals surface area contributed by atoms with E-state index in [0.29, 0.717) is 30.8 Å². The molecule has 0 saturated heterocycles. The van der Waals surface area contributed by atoms with E-state index in [0.717, 1.165) is 23.3 Å². The average Bonchev–Trinajstić information content (AvgIpc) is 2.83. The van der Waals surface area contributed by atoms with Crippen molar-refractivity contribution in [3.63, 3.8) is 0 Å². The van der Waals surface area contributed by atoms with Crippen LogP contribution < -0.4 is 4.74 Å². The van der Waals surface area contributed by atoms with Crippen LogP contribution in [0.1, 0.15) is 34.3 Å². The molecule has 0 aliphatic rings. The summed E-state index contributed by atoms with van der Waals surface area (Å²) in [7, 11) is 0. The summed E-state index contributed by atoms with van der Waals surface area (Å²) in [6, 6.07) is 18.8. The van der Waals surface area contributed by atoms with Gasteiger partial charge < -0.3 is 9.84 Å². The van der Waals surface area contributed by atoms with Crippen molar-refractivity contribution in [2.45, 2.75) is 24.4 Å². The molecule has 3 rings (SSSR count). The number of aromatic carboxylic acids is 1. The van der Waals surface area contributed by atoms with Gasteiger partial charge in [-0.15, -0.1) is 13.2 Å². The smallest absolute Gasteiger partial charge is 0.416 e. The third kappa shape index (κ3) is 5.76. The molecule has 0 saturated carbocycles. The van der Waals surface area contributed by atoms with E-state index in [-0.39, 0.29) is 5.56 Å². The van der Waals surface area contributed by atoms with Gasteiger partial charge in [0.1, 0.15) is 5.75 Å². The van der Waals surface area contributed by atoms with Gasteiger partial charge in [0.05, 0.1) is 17.7 Å². The zero-order chi connectivity index (χ0) is 24.8. The van der Waals surface area contributed by atoms with Crippen molar-refractivity contribution in [2.24, 2.45) is 0 Å². The Morgan fingerprint density at radius 3 is 1.71 bits per heavy atom. The van der Waals surface area contributed by atoms with E-state index >= 15 is 0 Å². The fraction of sp³-hybridized carbons (Fsp3) is 0.179. The Morgan fingerprint density at radius 2 is 1.26 bits per heavy atom. The van der Waals surface area contributed by atoms with E-state index in [1.165, 1.54) is 12.1 Å². The standard InChI is InChI=1S/C28H25F3O3/c1-3-17-27(18-4-2,23-11-7-22(8-12-23)26(32)33)19-34-25-15-9-21(10-16-25)20-5-13-24(14-6-20)28(29,30)31/h3-16H,1-2,17-19H2,(H,32,33). The number of hydrogen-bond acceptors (Lipinski definition) is 2. The van der Waals surface area contributed by atoms with E-state index in [9.17, 15) is 23.1 Å². The topological polar surface area (TPSA) is 46.5 Å². The summed E-state index contributed by atoms with van der Waals surface area (Å²) in [5.74, 6) is -0.385. The molecule has 0 spiro atoms. The van der Waals surface area contributed by atoms with E-state index < -0.39 is 23.1 Å². The lowest BCUT2D eigenvalue weighted by molar-refractivity contribution is -0.137. The number of benzene rings is 3. The molecular formula is C28H25F3O3. The predicted molar refractivity (Wildman–Crippen MR) is 127 cm³/mol. The molecule has 0 amide bonds. The van der Waals surface area contributed by atoms with Gasteiger partial charge in [-0.3, -0.25) is 0 Å². The second-order valence-electron chi connectivity index (χ2n) is 8.04. The number of alkyl halides is 3. The first kappa shape index (κ1) is 24.8. The second-order valence-corrected chi connectivity index (χ2v) is 8.04. The number of halogens is 3. The van der Waals surface area contributed by atoms with Gasteiger partial charge in [0.2, 0.25) is 0 Å². The first-order valence-electron chi connectivity index (χ1n) is 10.6. The summed E-state index contributed by atoms with van der Waals surface area (Å²) < 4.78 is 44.5. The number of carboxylic acid groups (broad SMARTS) is 1. The highest BCUT2D eigenvalue weighted by molar-refractivity contribution is 5.87. The van der Waals surface area contributed by atoms with Crippen molar-refractivity contribution >= 4 is 5.97 Å². The summed E-state index contributed by atoms with van der Waals surface area (Å²) >= 11 is 0. The van der Waals surface area contributed by atoms with E-state index in [4.69, 9.17) is 4.74 Å². The molecule has 0 atom stereocenters. The molecule has 0 heterocycles. The van der Waals surface area contributed by atoms with Crippen LogP contribution in [0.15, 0.2) is 98.1 Å². The van der Waals surface area contributed by atoms with Gasteiger partial charge in [-0.1, -0.05) is 48.6 Å². The van der Waals surface area contributed by atoms with Gasteiger partial charge in [-0.25, -0.2) is 4.79 Å². The minimum absolute atomic E-state index is 0.203. The van der Waals surface area contributed by atoms with Crippen LogP contribution in [0.5, 0.6) is 5.75 Å². The van der Waals surface area contributed by atoms with Crippen LogP contribution in [0.3, 0.4) is 0 Å². The maximum Gasteiger partial charge on any atom is 0.416 e. The molecule has 34 heavy (non-hydrogen) atoms. The Labute approximate surface area is 196 Å². The molecule has 3 aromatic carbocycles. The van der Waals surface area contributed by atoms with Crippen molar-refractivity contribution in [2.75, 3.05) is 6.61 Å². The summed E-state index contributed by atoms with van der Waals surface area (Å²) in [4.78, 5) is 11.2. The summed E-state index contributed by atoms with van der Waals surface area (Å²) in [5, 5.41) is 9.18. The molecule has 0 radical (unpaired) electrons. The highest BCUT2D eigenvalue weighted by Gasteiger charge is 2.31. The zero-order valence-corrected chi connectivity index (χ0v) is 18.5. The lowest BCUT2D eigenvalue weighted by atomic mass is 9.75. The highest BCUT2D eigenvalue weighted by atomic mass is 19.4. The number of allylic oxidation sites excluding steroid dienone is 2. The Hall–Kier alpha value is -3.80. The monoisotopic (exact) mass is 466 g/mol. The molecule has 0 unspecified atom stereocenters. The van der Waals surface area contributed by atoms with Gasteiger partial charge in [0.15, 0.2) is 0 Å². The highest BCUT2D eigenvalue weighted by Crippen LogP contribution is 2.35. The van der Waals surface area contributed by atoms with E-state index in [1.807, 2.05) is 0 Å². The van der Waals surface area contributed by atoms with Crippen molar-refractivity contribution in [1.82, 2.24) is 0 Å². The Balaban J connectivity index is 1.79. The maximum absolute atomic E-state index is 12.8. The fourth-order valence-corrected chi connectivity index (χ4v) is 3.86. The zero-order valence-electron chi connectivity index (χ0n) is 18.5. The van der Waals surface area contributed by atoms with Crippen LogP contribution >= 0.6 is 0 Å². The minimum atomic E-state index is -4.37. The Bertz CT molecular complexity index is 1120. The molecule has 0 aliphatic heterocycles. The van der Waals surface area contributed by atoms with Crippen molar-refractivity contribution in [1.29, 1.82) is 0 Å². The first-order chi connectivity index (χ1) is 16.2. The van der Waals surface area contributed by atoms with Crippen LogP contribution in [0.2, 0.25) is 0 Å². The summed E-state index contributed by atoms with van der Waals surface area (Å²) in [5.41, 5.74) is 1.40. The first-order valence-corrected chi connectivity index (χ1v) is 10.6. The average molecular weight is 466 g/mol. The largest absolute Gasteiger partial charge is 0.493 e. The van der Waals surface area contributed by atoms with Crippen LogP contribution in [0.25, 0.3) is 11.1 Å². The molecule has 3 nitrogen and oxygen atoms in total. The number of rotatable bonds is 10. The molecule has 0 aliphatic carbocycles. The van der Waals surface area contributed by atoms with E-state index in [2.05, 4.69) is 13.2 Å². The normalized spacial score (nSPS) is 11.6. The SMILES string of the molecule is C=CCC(CC=C)(COc1ccc(-c2ccc(C(F)(F)F)cc2)cc1)c1ccc(C(=O)O)cc1. The lowest BCUT2D eigenvalue weighted by Crippen LogP contribution is -2.32. The summed E-state index contributed by atoms with van der Waals surface area (Å²) in [6.07, 6.45) is 0.412. The molecule has 0 aromatic heterocycles. The van der Waals surface area contributed by atoms with Gasteiger partial charge >= 0.3 is 12.1 Å². The Kier molecular flexibility index (Phi) is 7.61. The van der Waals surface area contributed by atoms with Gasteiger partial charge in [-0.2, -0.15) is 13.2 Å². The van der Waals surface area contributed by atoms with Crippen molar-refractivity contribution < 1.29 is 27.8 Å². The summed E-state index contributed by atoms with van der Waals surface area (Å²) in [6.45, 7) is 8.03. The van der Waals surface area contributed by atoms with E-state index in [1.54, 1.807) is 60.7 Å². The molecule has 1 N–H and O–H groups in total. The minimum Gasteiger partial charge on any atom is -0.493 e.